The molecule has 1 saturated carbocycles. The highest BCUT2D eigenvalue weighted by molar-refractivity contribution is 8.13. The minimum Gasteiger partial charge on any atom is -0.777 e. The average molecular weight is 636 g/mol. The molecule has 6 atom stereocenters. The van der Waals surface area contributed by atoms with Crippen molar-refractivity contribution in [2.24, 2.45) is 11.1 Å². The maximum Gasteiger partial charge on any atom is 0.332 e. The summed E-state index contributed by atoms with van der Waals surface area (Å²) in [6, 6.07) is -0.511. The number of thioether (sulfide) groups is 1. The molecule has 0 bridgehead atoms. The number of hydroxylamine groups is 1. The molecule has 1 heterocycles. The number of nitrogen functional groups attached to an aromatic ring is 1. The number of carbonyl (C=O) groups excluding carboxylic acids is 1. The van der Waals surface area contributed by atoms with Gasteiger partial charge in [0.1, 0.15) is 23.1 Å². The van der Waals surface area contributed by atoms with Crippen LogP contribution in [0.3, 0.4) is 0 Å². The van der Waals surface area contributed by atoms with Gasteiger partial charge >= 0.3 is 7.67 Å². The zero-order valence-corrected chi connectivity index (χ0v) is 27.2. The van der Waals surface area contributed by atoms with Crippen LogP contribution in [0.15, 0.2) is 24.7 Å². The van der Waals surface area contributed by atoms with E-state index < -0.39 is 48.0 Å². The molecule has 0 amide bonds. The minimum absolute atomic E-state index is 0.0595. The lowest BCUT2D eigenvalue weighted by molar-refractivity contribution is -0.164. The molecule has 1 aliphatic rings. The van der Waals surface area contributed by atoms with Gasteiger partial charge in [0.2, 0.25) is 0 Å². The predicted molar refractivity (Wildman–Crippen MR) is 164 cm³/mol. The molecule has 42 heavy (non-hydrogen) atoms. The first-order valence-corrected chi connectivity index (χ1v) is 16.2. The first-order valence-electron chi connectivity index (χ1n) is 13.6. The fraction of sp³-hybridized carbons (Fsp3) is 0.731. The van der Waals surface area contributed by atoms with Gasteiger partial charge in [-0.2, -0.15) is 0 Å². The standard InChI is InChI=1S/C26H48N6O8PS/c1-16(31-10-9-18(21(31)28)14-29-17(2)27)20(34)25(8,36)26(37)13-19(26)32(38)41(39,30-23(3,4)5)40-11-12-42-22(35)24(6,7)15-33/h9-10,16,19-20,29,33-34,36-37H,2,11-15,27-28H2,1,3-8H3,(H,30,39)/q-1/t16-,19?,20+,25?,26?,41?/m1/s1. The number of hydrogen-bond acceptors (Lipinski definition) is 12. The molecule has 10 N–H and O–H groups in total. The molecule has 242 valence electrons. The normalized spacial score (nSPS) is 23.6. The Morgan fingerprint density at radius 1 is 1.38 bits per heavy atom. The van der Waals surface area contributed by atoms with E-state index in [1.54, 1.807) is 53.8 Å². The number of anilines is 1. The Morgan fingerprint density at radius 3 is 2.50 bits per heavy atom. The number of aliphatic hydroxyl groups excluding tert-OH is 2. The molecule has 4 unspecified atom stereocenters. The van der Waals surface area contributed by atoms with Crippen molar-refractivity contribution in [2.45, 2.75) is 96.4 Å². The topological polar surface area (TPSA) is 232 Å². The number of nitrogens with zero attached hydrogens (tertiary/aromatic N) is 2. The van der Waals surface area contributed by atoms with Gasteiger partial charge < -0.3 is 51.5 Å². The second-order valence-corrected chi connectivity index (χ2v) is 15.7. The van der Waals surface area contributed by atoms with Crippen LogP contribution in [-0.4, -0.2) is 82.8 Å². The van der Waals surface area contributed by atoms with Gasteiger partial charge in [0.15, 0.2) is 5.12 Å². The second kappa shape index (κ2) is 13.1. The van der Waals surface area contributed by atoms with Crippen LogP contribution in [-0.2, 0) is 20.4 Å². The molecular weight excluding hydrogens is 587 g/mol. The van der Waals surface area contributed by atoms with Gasteiger partial charge in [-0.3, -0.25) is 14.2 Å². The van der Waals surface area contributed by atoms with E-state index in [1.807, 2.05) is 0 Å². The van der Waals surface area contributed by atoms with Crippen LogP contribution < -0.4 is 21.9 Å². The van der Waals surface area contributed by atoms with Gasteiger partial charge in [-0.15, -0.1) is 0 Å². The highest BCUT2D eigenvalue weighted by atomic mass is 32.2. The Balaban J connectivity index is 2.19. The third-order valence-corrected chi connectivity index (χ3v) is 10.8. The van der Waals surface area contributed by atoms with Crippen molar-refractivity contribution in [3.05, 3.63) is 35.4 Å². The maximum absolute atomic E-state index is 13.9. The molecule has 2 rings (SSSR count). The summed E-state index contributed by atoms with van der Waals surface area (Å²) in [5, 5.41) is 62.1. The summed E-state index contributed by atoms with van der Waals surface area (Å²) in [5.41, 5.74) is 6.26. The number of hydrogen-bond donors (Lipinski definition) is 8. The van der Waals surface area contributed by atoms with Gasteiger partial charge in [-0.25, -0.2) is 5.09 Å². The maximum atomic E-state index is 13.9. The van der Waals surface area contributed by atoms with Crippen molar-refractivity contribution in [3.63, 3.8) is 0 Å². The van der Waals surface area contributed by atoms with E-state index in [0.717, 1.165) is 11.8 Å². The van der Waals surface area contributed by atoms with Crippen LogP contribution in [0.5, 0.6) is 0 Å². The Morgan fingerprint density at radius 2 is 1.98 bits per heavy atom. The molecule has 0 spiro atoms. The summed E-state index contributed by atoms with van der Waals surface area (Å²) in [6.45, 7) is 14.3. The number of aromatic nitrogens is 1. The van der Waals surface area contributed by atoms with Crippen LogP contribution in [0.25, 0.3) is 0 Å². The smallest absolute Gasteiger partial charge is 0.332 e. The third-order valence-electron chi connectivity index (χ3n) is 7.33. The number of nitrogens with one attached hydrogen (secondary N) is 2. The lowest BCUT2D eigenvalue weighted by Crippen LogP contribution is -2.57. The summed E-state index contributed by atoms with van der Waals surface area (Å²) in [6.07, 6.45) is -0.280. The number of aliphatic hydroxyl groups is 4. The first kappa shape index (κ1) is 36.5. The van der Waals surface area contributed by atoms with E-state index >= 15 is 0 Å². The van der Waals surface area contributed by atoms with E-state index in [-0.39, 0.29) is 47.7 Å². The van der Waals surface area contributed by atoms with Gasteiger partial charge in [0.25, 0.3) is 0 Å². The largest absolute Gasteiger partial charge is 0.777 e. The van der Waals surface area contributed by atoms with E-state index in [2.05, 4.69) is 17.0 Å². The van der Waals surface area contributed by atoms with E-state index in [0.29, 0.717) is 11.4 Å². The SMILES string of the molecule is C=C(N)NCc1ccn([C@H](C)[C@H](O)C(C)(O)C2(O)CC2N([O-])P(=O)(NC(C)(C)C)OCCSC(=O)C(C)(C)CO)c1N. The first-order chi connectivity index (χ1) is 19.0. The number of carbonyl (C=O) groups is 1. The molecule has 1 fully saturated rings. The van der Waals surface area contributed by atoms with E-state index in [9.17, 15) is 35.0 Å². The van der Waals surface area contributed by atoms with Crippen molar-refractivity contribution >= 4 is 30.4 Å². The van der Waals surface area contributed by atoms with Gasteiger partial charge in [0.05, 0.1) is 30.5 Å². The fourth-order valence-corrected chi connectivity index (χ4v) is 7.47. The number of nitrogens with two attached hydrogens (primary N) is 2. The summed E-state index contributed by atoms with van der Waals surface area (Å²) in [7, 11) is -4.36. The minimum atomic E-state index is -4.36. The molecule has 14 nitrogen and oxygen atoms in total. The van der Waals surface area contributed by atoms with Crippen molar-refractivity contribution in [1.82, 2.24) is 19.8 Å². The second-order valence-electron chi connectivity index (χ2n) is 12.7. The molecule has 1 aliphatic carbocycles. The molecule has 0 saturated heterocycles. The van der Waals surface area contributed by atoms with Crippen molar-refractivity contribution < 1.29 is 34.3 Å². The highest BCUT2D eigenvalue weighted by Crippen LogP contribution is 2.60. The van der Waals surface area contributed by atoms with E-state index in [1.165, 1.54) is 11.5 Å². The Kier molecular flexibility index (Phi) is 11.4. The van der Waals surface area contributed by atoms with Crippen LogP contribution >= 0.6 is 19.4 Å². The lowest BCUT2D eigenvalue weighted by Gasteiger charge is -2.43. The average Bonchev–Trinajstić information content (AvgIpc) is 3.45. The predicted octanol–water partition coefficient (Wildman–Crippen LogP) is 1.36. The summed E-state index contributed by atoms with van der Waals surface area (Å²) >= 11 is 0.876. The Hall–Kier alpha value is -1.65. The molecule has 16 heteroatoms. The van der Waals surface area contributed by atoms with Crippen LogP contribution in [0.4, 0.5) is 5.82 Å². The van der Waals surface area contributed by atoms with Crippen molar-refractivity contribution in [3.8, 4) is 0 Å². The Labute approximate surface area is 252 Å². The quantitative estimate of drug-likeness (QED) is 0.0728. The van der Waals surface area contributed by atoms with Crippen molar-refractivity contribution in [1.29, 1.82) is 0 Å². The summed E-state index contributed by atoms with van der Waals surface area (Å²) in [5.74, 6) is 0.605. The summed E-state index contributed by atoms with van der Waals surface area (Å²) < 4.78 is 20.9. The van der Waals surface area contributed by atoms with Crippen LogP contribution in [0.1, 0.15) is 66.5 Å². The lowest BCUT2D eigenvalue weighted by atomic mass is 9.85. The number of rotatable bonds is 16. The molecular formula is C26H48N6O8PS-. The van der Waals surface area contributed by atoms with Crippen LogP contribution in [0, 0.1) is 10.6 Å². The highest BCUT2D eigenvalue weighted by Gasteiger charge is 2.69. The monoisotopic (exact) mass is 635 g/mol. The molecule has 1 aromatic heterocycles. The Bertz CT molecular complexity index is 1170. The van der Waals surface area contributed by atoms with Crippen LogP contribution in [0.2, 0.25) is 0 Å². The van der Waals surface area contributed by atoms with Gasteiger partial charge in [0, 0.05) is 35.6 Å². The third kappa shape index (κ3) is 8.08. The molecule has 0 aliphatic heterocycles. The summed E-state index contributed by atoms with van der Waals surface area (Å²) in [4.78, 5) is 12.4. The van der Waals surface area contributed by atoms with Gasteiger partial charge in [-0.05, 0) is 61.0 Å². The zero-order chi connectivity index (χ0) is 32.5. The zero-order valence-electron chi connectivity index (χ0n) is 25.5. The fourth-order valence-electron chi connectivity index (χ4n) is 4.43. The van der Waals surface area contributed by atoms with Crippen molar-refractivity contribution in [2.75, 3.05) is 24.7 Å². The molecule has 0 aromatic carbocycles. The van der Waals surface area contributed by atoms with Gasteiger partial charge in [-0.1, -0.05) is 18.3 Å². The molecule has 1 aromatic rings. The molecule has 0 radical (unpaired) electrons. The van der Waals surface area contributed by atoms with E-state index in [4.69, 9.17) is 16.0 Å².